The molecule has 0 aromatic carbocycles. The highest BCUT2D eigenvalue weighted by molar-refractivity contribution is 7.47. The highest BCUT2D eigenvalue weighted by atomic mass is 31.2. The van der Waals surface area contributed by atoms with E-state index in [4.69, 9.17) is 18.5 Å². The van der Waals surface area contributed by atoms with Gasteiger partial charge in [0.25, 0.3) is 0 Å². The van der Waals surface area contributed by atoms with E-state index in [9.17, 15) is 54.8 Å². The van der Waals surface area contributed by atoms with Gasteiger partial charge in [-0.1, -0.05) is 168 Å². The molecule has 10 atom stereocenters. The van der Waals surface area contributed by atoms with E-state index in [-0.39, 0.29) is 12.8 Å². The van der Waals surface area contributed by atoms with Gasteiger partial charge in [-0.05, 0) is 77.0 Å². The highest BCUT2D eigenvalue weighted by Crippen LogP contribution is 2.47. The first kappa shape index (κ1) is 64.4. The van der Waals surface area contributed by atoms with Gasteiger partial charge in [0, 0.05) is 12.8 Å². The quantitative estimate of drug-likeness (QED) is 0.00940. The number of phosphoric acid groups is 1. The first-order valence-corrected chi connectivity index (χ1v) is 26.9. The Kier molecular flexibility index (Phi) is 38.7. The van der Waals surface area contributed by atoms with Crippen molar-refractivity contribution in [3.05, 3.63) is 109 Å². The number of ether oxygens (including phenoxy) is 2. The van der Waals surface area contributed by atoms with E-state index in [1.165, 1.54) is 25.7 Å². The molecule has 1 aliphatic rings. The lowest BCUT2D eigenvalue weighted by atomic mass is 9.85. The average Bonchev–Trinajstić information content (AvgIpc) is 3.33. The summed E-state index contributed by atoms with van der Waals surface area (Å²) in [6.45, 7) is 2.92. The summed E-state index contributed by atoms with van der Waals surface area (Å²) in [5.41, 5.74) is 0. The van der Waals surface area contributed by atoms with Crippen LogP contribution < -0.4 is 0 Å². The van der Waals surface area contributed by atoms with Crippen molar-refractivity contribution in [2.75, 3.05) is 13.2 Å². The van der Waals surface area contributed by atoms with E-state index in [2.05, 4.69) is 43.4 Å². The van der Waals surface area contributed by atoms with Gasteiger partial charge >= 0.3 is 19.8 Å². The van der Waals surface area contributed by atoms with Gasteiger partial charge in [0.1, 0.15) is 43.2 Å². The number of carbonyl (C=O) groups is 2. The standard InChI is InChI=1S/C54H87O15P/c1-3-5-7-8-9-10-11-12-13-14-15-16-17-18-19-20-21-25-28-34-41-48(58)68-46(43-67-70(64,65)69-54-52(62)50(60)49(59)51(61)53(54)63)42-66-47(57)40-35-29-33-39-45(56)38-32-27-24-22-23-26-31-37-44(55)36-30-6-4-2/h6,10-11,13-14,16-17,23-24,26-27,30-33,37-39,44-46,49-56,59-63H,3-5,7-9,12,15,18-22,25,28-29,34-36,40-43H2,1-2H3,(H,64,65)/b11-10-,14-13-,17-16-,26-23-,27-24-,30-6-,37-31+,38-32+,39-33-/t44-,45-,46-,49?,50-,51+,52-,53-,54?/m1/s1. The Bertz CT molecular complexity index is 1670. The van der Waals surface area contributed by atoms with Crippen LogP contribution in [-0.2, 0) is 32.7 Å². The second-order valence-electron chi connectivity index (χ2n) is 17.3. The third-order valence-electron chi connectivity index (χ3n) is 11.0. The summed E-state index contributed by atoms with van der Waals surface area (Å²) >= 11 is 0. The lowest BCUT2D eigenvalue weighted by molar-refractivity contribution is -0.220. The zero-order valence-corrected chi connectivity index (χ0v) is 42.6. The Labute approximate surface area is 418 Å². The summed E-state index contributed by atoms with van der Waals surface area (Å²) in [4.78, 5) is 35.8. The Balaban J connectivity index is 2.54. The minimum absolute atomic E-state index is 0.0291. The molecule has 1 fully saturated rings. The van der Waals surface area contributed by atoms with Crippen LogP contribution in [0.1, 0.15) is 149 Å². The molecular weight excluding hydrogens is 920 g/mol. The van der Waals surface area contributed by atoms with Crippen LogP contribution in [0.3, 0.4) is 0 Å². The number of hydrogen-bond donors (Lipinski definition) is 8. The molecule has 0 aliphatic heterocycles. The molecule has 70 heavy (non-hydrogen) atoms. The number of aliphatic hydroxyl groups excluding tert-OH is 7. The third kappa shape index (κ3) is 33.9. The Morgan fingerprint density at radius 1 is 0.543 bits per heavy atom. The molecule has 0 aromatic heterocycles. The van der Waals surface area contributed by atoms with Gasteiger partial charge in [-0.25, -0.2) is 4.57 Å². The lowest BCUT2D eigenvalue weighted by Crippen LogP contribution is -2.64. The highest BCUT2D eigenvalue weighted by Gasteiger charge is 2.51. The molecule has 0 saturated heterocycles. The minimum atomic E-state index is -5.18. The molecule has 3 unspecified atom stereocenters. The number of rotatable bonds is 40. The van der Waals surface area contributed by atoms with E-state index < -0.39 is 87.9 Å². The maximum absolute atomic E-state index is 12.9. The normalized spacial score (nSPS) is 22.6. The predicted octanol–water partition coefficient (Wildman–Crippen LogP) is 8.72. The Morgan fingerprint density at radius 3 is 1.70 bits per heavy atom. The molecular formula is C54H87O15P. The minimum Gasteiger partial charge on any atom is -0.462 e. The molecule has 1 saturated carbocycles. The summed E-state index contributed by atoms with van der Waals surface area (Å²) in [7, 11) is -5.18. The number of carbonyl (C=O) groups excluding carboxylic acids is 2. The largest absolute Gasteiger partial charge is 0.472 e. The molecule has 1 aliphatic carbocycles. The van der Waals surface area contributed by atoms with Crippen molar-refractivity contribution in [2.45, 2.75) is 204 Å². The number of phosphoric ester groups is 1. The van der Waals surface area contributed by atoms with Crippen LogP contribution in [0.15, 0.2) is 109 Å². The van der Waals surface area contributed by atoms with Gasteiger partial charge in [0.05, 0.1) is 18.8 Å². The van der Waals surface area contributed by atoms with E-state index >= 15 is 0 Å². The van der Waals surface area contributed by atoms with E-state index in [1.807, 2.05) is 37.3 Å². The summed E-state index contributed by atoms with van der Waals surface area (Å²) in [5, 5.41) is 70.3. The molecule has 0 amide bonds. The maximum atomic E-state index is 12.9. The summed E-state index contributed by atoms with van der Waals surface area (Å²) in [6.07, 6.45) is 37.6. The molecule has 16 heteroatoms. The van der Waals surface area contributed by atoms with Crippen LogP contribution in [-0.4, -0.2) is 121 Å². The van der Waals surface area contributed by atoms with Crippen molar-refractivity contribution in [3.63, 3.8) is 0 Å². The molecule has 1 rings (SSSR count). The third-order valence-corrected chi connectivity index (χ3v) is 12.0. The smallest absolute Gasteiger partial charge is 0.462 e. The average molecular weight is 1010 g/mol. The number of esters is 2. The monoisotopic (exact) mass is 1010 g/mol. The Hall–Kier alpha value is -3.57. The first-order valence-electron chi connectivity index (χ1n) is 25.4. The van der Waals surface area contributed by atoms with Gasteiger partial charge in [0.2, 0.25) is 0 Å². The molecule has 0 bridgehead atoms. The fraction of sp³-hybridized carbons (Fsp3) is 0.630. The number of hydrogen-bond acceptors (Lipinski definition) is 14. The second kappa shape index (κ2) is 42.0. The van der Waals surface area contributed by atoms with Crippen molar-refractivity contribution in [3.8, 4) is 0 Å². The van der Waals surface area contributed by atoms with Crippen LogP contribution in [0.5, 0.6) is 0 Å². The van der Waals surface area contributed by atoms with Crippen LogP contribution in [0, 0.1) is 0 Å². The topological polar surface area (TPSA) is 250 Å². The molecule has 0 heterocycles. The van der Waals surface area contributed by atoms with Crippen LogP contribution >= 0.6 is 7.82 Å². The van der Waals surface area contributed by atoms with Crippen LogP contribution in [0.2, 0.25) is 0 Å². The van der Waals surface area contributed by atoms with Crippen molar-refractivity contribution in [1.82, 2.24) is 0 Å². The van der Waals surface area contributed by atoms with E-state index in [0.717, 1.165) is 64.2 Å². The van der Waals surface area contributed by atoms with Gasteiger partial charge in [-0.15, -0.1) is 0 Å². The molecule has 398 valence electrons. The second-order valence-corrected chi connectivity index (χ2v) is 18.7. The fourth-order valence-electron chi connectivity index (χ4n) is 6.92. The molecule has 0 radical (unpaired) electrons. The lowest BCUT2D eigenvalue weighted by Gasteiger charge is -2.41. The molecule has 0 aromatic rings. The number of aliphatic hydroxyl groups is 7. The van der Waals surface area contributed by atoms with E-state index in [0.29, 0.717) is 32.1 Å². The summed E-state index contributed by atoms with van der Waals surface area (Å²) in [6, 6.07) is 0. The predicted molar refractivity (Wildman–Crippen MR) is 274 cm³/mol. The summed E-state index contributed by atoms with van der Waals surface area (Å²) < 4.78 is 33.5. The number of unbranched alkanes of at least 4 members (excludes halogenated alkanes) is 11. The van der Waals surface area contributed by atoms with Gasteiger partial charge in [0.15, 0.2) is 6.10 Å². The SMILES string of the molecule is CC/C=C\C[C@@H](O)/C=C/C=C\C/C=C\C=C\[C@@H](O)/C=C\CCCC(=O)OC[C@H](COP(=O)(O)OC1[C@H](O)[C@H](O)C(O)[C@H](O)[C@H]1O)OC(=O)CCCCCCCC/C=C\C/C=C\C/C=C\CCCCCC. The molecule has 8 N–H and O–H groups in total. The van der Waals surface area contributed by atoms with Crippen LogP contribution in [0.4, 0.5) is 0 Å². The van der Waals surface area contributed by atoms with Crippen LogP contribution in [0.25, 0.3) is 0 Å². The number of allylic oxidation sites excluding steroid dienone is 14. The van der Waals surface area contributed by atoms with Gasteiger partial charge in [-0.2, -0.15) is 0 Å². The van der Waals surface area contributed by atoms with Gasteiger partial charge < -0.3 is 50.1 Å². The van der Waals surface area contributed by atoms with Crippen molar-refractivity contribution in [2.24, 2.45) is 0 Å². The zero-order chi connectivity index (χ0) is 51.7. The first-order chi connectivity index (χ1) is 33.7. The molecule has 0 spiro atoms. The van der Waals surface area contributed by atoms with Gasteiger partial charge in [-0.3, -0.25) is 18.6 Å². The fourth-order valence-corrected chi connectivity index (χ4v) is 7.89. The maximum Gasteiger partial charge on any atom is 0.472 e. The van der Waals surface area contributed by atoms with E-state index in [1.54, 1.807) is 42.5 Å². The van der Waals surface area contributed by atoms with Crippen molar-refractivity contribution in [1.29, 1.82) is 0 Å². The summed E-state index contributed by atoms with van der Waals surface area (Å²) in [5.74, 6) is -1.31. The van der Waals surface area contributed by atoms with Crippen molar-refractivity contribution < 1.29 is 73.3 Å². The Morgan fingerprint density at radius 2 is 1.07 bits per heavy atom. The van der Waals surface area contributed by atoms with Crippen molar-refractivity contribution >= 4 is 19.8 Å². The zero-order valence-electron chi connectivity index (χ0n) is 41.7. The molecule has 15 nitrogen and oxygen atoms in total.